The van der Waals surface area contributed by atoms with E-state index in [1.54, 1.807) is 10.9 Å². The third kappa shape index (κ3) is 2.46. The number of nitrogens with two attached hydrogens (primary N) is 1. The van der Waals surface area contributed by atoms with Crippen LogP contribution in [-0.2, 0) is 26.4 Å². The molecular formula is C14H18N4O. The Morgan fingerprint density at radius 1 is 1.37 bits per heavy atom. The lowest BCUT2D eigenvalue weighted by Gasteiger charge is -2.17. The second kappa shape index (κ2) is 5.01. The fraction of sp³-hybridized carbons (Fsp3) is 0.429. The monoisotopic (exact) mass is 258 g/mol. The number of fused-ring (bicyclic) bond motifs is 1. The highest BCUT2D eigenvalue weighted by Gasteiger charge is 2.16. The molecule has 1 aliphatic carbocycles. The quantitative estimate of drug-likeness (QED) is 0.913. The average Bonchev–Trinajstić information content (AvgIpc) is 2.83. The molecule has 0 aromatic carbocycles. The van der Waals surface area contributed by atoms with Crippen LogP contribution in [0.25, 0.3) is 0 Å². The van der Waals surface area contributed by atoms with Gasteiger partial charge < -0.3 is 10.5 Å². The molecular weight excluding hydrogens is 240 g/mol. The predicted molar refractivity (Wildman–Crippen MR) is 72.1 cm³/mol. The van der Waals surface area contributed by atoms with Crippen molar-refractivity contribution in [2.45, 2.75) is 32.2 Å². The zero-order valence-electron chi connectivity index (χ0n) is 11.1. The Hall–Kier alpha value is -1.88. The number of nitrogens with zero attached hydrogens (tertiary/aromatic N) is 3. The normalized spacial score (nSPS) is 14.2. The van der Waals surface area contributed by atoms with E-state index in [0.717, 1.165) is 24.1 Å². The molecule has 0 atom stereocenters. The third-order valence-corrected chi connectivity index (χ3v) is 3.46. The fourth-order valence-electron chi connectivity index (χ4n) is 2.46. The summed E-state index contributed by atoms with van der Waals surface area (Å²) >= 11 is 0. The second-order valence-electron chi connectivity index (χ2n) is 4.92. The van der Waals surface area contributed by atoms with Gasteiger partial charge in [-0.05, 0) is 37.3 Å². The van der Waals surface area contributed by atoms with E-state index < -0.39 is 0 Å². The zero-order chi connectivity index (χ0) is 13.2. The Morgan fingerprint density at radius 3 is 2.95 bits per heavy atom. The molecule has 0 spiro atoms. The van der Waals surface area contributed by atoms with Crippen LogP contribution in [0, 0.1) is 0 Å². The summed E-state index contributed by atoms with van der Waals surface area (Å²) in [6.45, 7) is 0.440. The summed E-state index contributed by atoms with van der Waals surface area (Å²) in [7, 11) is 1.86. The first-order valence-electron chi connectivity index (χ1n) is 6.64. The summed E-state index contributed by atoms with van der Waals surface area (Å²) in [4.78, 5) is 4.65. The largest absolute Gasteiger partial charge is 0.435 e. The van der Waals surface area contributed by atoms with Crippen molar-refractivity contribution in [2.24, 2.45) is 12.8 Å². The molecule has 2 heterocycles. The molecule has 5 heteroatoms. The number of pyridine rings is 1. The first-order valence-corrected chi connectivity index (χ1v) is 6.64. The van der Waals surface area contributed by atoms with Gasteiger partial charge in [0.25, 0.3) is 0 Å². The van der Waals surface area contributed by atoms with E-state index in [1.807, 2.05) is 13.2 Å². The molecule has 2 N–H and O–H groups in total. The van der Waals surface area contributed by atoms with E-state index in [4.69, 9.17) is 10.5 Å². The number of aromatic nitrogens is 3. The topological polar surface area (TPSA) is 66.0 Å². The molecule has 0 aliphatic heterocycles. The molecule has 2 aromatic heterocycles. The molecule has 0 saturated carbocycles. The van der Waals surface area contributed by atoms with E-state index in [-0.39, 0.29) is 0 Å². The maximum absolute atomic E-state index is 5.81. The molecule has 0 saturated heterocycles. The Balaban J connectivity index is 1.95. The van der Waals surface area contributed by atoms with Crippen molar-refractivity contribution < 1.29 is 4.74 Å². The highest BCUT2D eigenvalue weighted by Crippen LogP contribution is 2.28. The SMILES string of the molecule is Cn1cc(Oc2nc3c(cc2CN)CCCC3)cn1. The Bertz CT molecular complexity index is 591. The summed E-state index contributed by atoms with van der Waals surface area (Å²) in [5.74, 6) is 1.32. The van der Waals surface area contributed by atoms with Crippen LogP contribution in [0.1, 0.15) is 29.7 Å². The van der Waals surface area contributed by atoms with Gasteiger partial charge in [0.1, 0.15) is 0 Å². The van der Waals surface area contributed by atoms with Crippen LogP contribution in [0.3, 0.4) is 0 Å². The fourth-order valence-corrected chi connectivity index (χ4v) is 2.46. The molecule has 0 fully saturated rings. The Kier molecular flexibility index (Phi) is 3.21. The van der Waals surface area contributed by atoms with Crippen LogP contribution in [0.4, 0.5) is 0 Å². The summed E-state index contributed by atoms with van der Waals surface area (Å²) in [5, 5.41) is 4.09. The van der Waals surface area contributed by atoms with Gasteiger partial charge in [-0.25, -0.2) is 4.98 Å². The third-order valence-electron chi connectivity index (χ3n) is 3.46. The molecule has 5 nitrogen and oxygen atoms in total. The number of aryl methyl sites for hydroxylation is 3. The van der Waals surface area contributed by atoms with Crippen LogP contribution in [-0.4, -0.2) is 14.8 Å². The minimum absolute atomic E-state index is 0.440. The molecule has 3 rings (SSSR count). The lowest BCUT2D eigenvalue weighted by atomic mass is 9.95. The van der Waals surface area contributed by atoms with E-state index in [9.17, 15) is 0 Å². The van der Waals surface area contributed by atoms with Crippen molar-refractivity contribution >= 4 is 0 Å². The lowest BCUT2D eigenvalue weighted by Crippen LogP contribution is -2.10. The first-order chi connectivity index (χ1) is 9.26. The van der Waals surface area contributed by atoms with Crippen LogP contribution < -0.4 is 10.5 Å². The van der Waals surface area contributed by atoms with Crippen LogP contribution in [0.5, 0.6) is 11.6 Å². The van der Waals surface area contributed by atoms with Crippen LogP contribution in [0.15, 0.2) is 18.5 Å². The molecule has 0 amide bonds. The van der Waals surface area contributed by atoms with Gasteiger partial charge in [-0.2, -0.15) is 5.10 Å². The highest BCUT2D eigenvalue weighted by atomic mass is 16.5. The number of ether oxygens (including phenoxy) is 1. The Labute approximate surface area is 112 Å². The van der Waals surface area contributed by atoms with Gasteiger partial charge in [0.15, 0.2) is 5.75 Å². The van der Waals surface area contributed by atoms with Crippen LogP contribution in [0.2, 0.25) is 0 Å². The van der Waals surface area contributed by atoms with Crippen molar-refractivity contribution in [1.82, 2.24) is 14.8 Å². The van der Waals surface area contributed by atoms with Gasteiger partial charge in [-0.1, -0.05) is 0 Å². The Morgan fingerprint density at radius 2 is 2.21 bits per heavy atom. The van der Waals surface area contributed by atoms with Gasteiger partial charge in [0, 0.05) is 24.8 Å². The molecule has 0 bridgehead atoms. The smallest absolute Gasteiger partial charge is 0.224 e. The molecule has 2 aromatic rings. The van der Waals surface area contributed by atoms with Gasteiger partial charge in [-0.15, -0.1) is 0 Å². The summed E-state index contributed by atoms with van der Waals surface area (Å²) in [5.41, 5.74) is 9.24. The standard InChI is InChI=1S/C14H18N4O/c1-18-9-12(8-16-18)19-14-11(7-15)6-10-4-2-3-5-13(10)17-14/h6,8-9H,2-5,7,15H2,1H3. The molecule has 100 valence electrons. The summed E-state index contributed by atoms with van der Waals surface area (Å²) < 4.78 is 7.52. The van der Waals surface area contributed by atoms with Crippen molar-refractivity contribution in [3.63, 3.8) is 0 Å². The summed E-state index contributed by atoms with van der Waals surface area (Å²) in [6.07, 6.45) is 8.07. The zero-order valence-corrected chi connectivity index (χ0v) is 11.1. The van der Waals surface area contributed by atoms with E-state index in [1.165, 1.54) is 18.4 Å². The van der Waals surface area contributed by atoms with Gasteiger partial charge in [-0.3, -0.25) is 4.68 Å². The van der Waals surface area contributed by atoms with Gasteiger partial charge >= 0.3 is 0 Å². The second-order valence-corrected chi connectivity index (χ2v) is 4.92. The van der Waals surface area contributed by atoms with Crippen LogP contribution >= 0.6 is 0 Å². The first kappa shape index (κ1) is 12.2. The maximum Gasteiger partial charge on any atom is 0.224 e. The van der Waals surface area contributed by atoms with Crippen molar-refractivity contribution in [2.75, 3.05) is 0 Å². The minimum atomic E-state index is 0.440. The van der Waals surface area contributed by atoms with E-state index in [0.29, 0.717) is 18.2 Å². The summed E-state index contributed by atoms with van der Waals surface area (Å²) in [6, 6.07) is 2.15. The van der Waals surface area contributed by atoms with E-state index >= 15 is 0 Å². The van der Waals surface area contributed by atoms with Crippen molar-refractivity contribution in [1.29, 1.82) is 0 Å². The van der Waals surface area contributed by atoms with Crippen molar-refractivity contribution in [3.05, 3.63) is 35.3 Å². The molecule has 19 heavy (non-hydrogen) atoms. The molecule has 1 aliphatic rings. The maximum atomic E-state index is 5.81. The van der Waals surface area contributed by atoms with Gasteiger partial charge in [0.2, 0.25) is 5.88 Å². The van der Waals surface area contributed by atoms with Gasteiger partial charge in [0.05, 0.1) is 12.4 Å². The average molecular weight is 258 g/mol. The number of rotatable bonds is 3. The minimum Gasteiger partial charge on any atom is -0.435 e. The number of hydrogen-bond donors (Lipinski definition) is 1. The molecule has 0 unspecified atom stereocenters. The highest BCUT2D eigenvalue weighted by molar-refractivity contribution is 5.37. The van der Waals surface area contributed by atoms with E-state index in [2.05, 4.69) is 16.1 Å². The number of hydrogen-bond acceptors (Lipinski definition) is 4. The lowest BCUT2D eigenvalue weighted by molar-refractivity contribution is 0.450. The van der Waals surface area contributed by atoms with Crippen molar-refractivity contribution in [3.8, 4) is 11.6 Å². The molecule has 0 radical (unpaired) electrons. The predicted octanol–water partition coefficient (Wildman–Crippen LogP) is 1.94.